The van der Waals surface area contributed by atoms with Crippen LogP contribution < -0.4 is 0 Å². The Bertz CT molecular complexity index is 184. The first-order chi connectivity index (χ1) is 6.38. The van der Waals surface area contributed by atoms with Gasteiger partial charge in [0, 0.05) is 24.2 Å². The summed E-state index contributed by atoms with van der Waals surface area (Å²) >= 11 is 0. The zero-order chi connectivity index (χ0) is 10.9. The monoisotopic (exact) mass is 200 g/mol. The number of likely N-dealkylation sites (N-methyl/N-ethyl adjacent to an activating group) is 2. The van der Waals surface area contributed by atoms with Crippen LogP contribution in [0.3, 0.4) is 0 Å². The van der Waals surface area contributed by atoms with E-state index in [0.29, 0.717) is 12.1 Å². The molecular formula is C11H24N2O. The molecule has 14 heavy (non-hydrogen) atoms. The Hall–Kier alpha value is -0.120. The van der Waals surface area contributed by atoms with Crippen LogP contribution in [0.4, 0.5) is 0 Å². The molecule has 1 N–H and O–H groups in total. The first kappa shape index (κ1) is 12.0. The lowest BCUT2D eigenvalue weighted by Gasteiger charge is -2.38. The van der Waals surface area contributed by atoms with Crippen molar-refractivity contribution in [1.29, 1.82) is 0 Å². The van der Waals surface area contributed by atoms with Crippen LogP contribution in [0.15, 0.2) is 0 Å². The molecule has 84 valence electrons. The van der Waals surface area contributed by atoms with E-state index in [-0.39, 0.29) is 12.1 Å². The zero-order valence-corrected chi connectivity index (χ0v) is 10.1. The Kier molecular flexibility index (Phi) is 3.56. The molecule has 0 aromatic rings. The Balaban J connectivity index is 2.59. The smallest absolute Gasteiger partial charge is 0.0610 e. The van der Waals surface area contributed by atoms with Gasteiger partial charge in [-0.2, -0.15) is 0 Å². The zero-order valence-electron chi connectivity index (χ0n) is 10.1. The molecule has 2 unspecified atom stereocenters. The minimum atomic E-state index is -0.102. The molecule has 3 heteroatoms. The van der Waals surface area contributed by atoms with Crippen LogP contribution >= 0.6 is 0 Å². The van der Waals surface area contributed by atoms with Crippen LogP contribution in [0.2, 0.25) is 0 Å². The lowest BCUT2D eigenvalue weighted by atomic mass is 10.0. The summed E-state index contributed by atoms with van der Waals surface area (Å²) in [5.74, 6) is 0. The van der Waals surface area contributed by atoms with Crippen molar-refractivity contribution in [2.75, 3.05) is 27.2 Å². The maximum Gasteiger partial charge on any atom is 0.0610 e. The molecule has 0 aromatic heterocycles. The van der Waals surface area contributed by atoms with Gasteiger partial charge in [-0.1, -0.05) is 0 Å². The summed E-state index contributed by atoms with van der Waals surface area (Å²) in [6, 6.07) is 1.24. The normalized spacial score (nSPS) is 30.2. The van der Waals surface area contributed by atoms with E-state index in [2.05, 4.69) is 44.7 Å². The molecule has 1 saturated heterocycles. The summed E-state index contributed by atoms with van der Waals surface area (Å²) in [7, 11) is 4.29. The summed E-state index contributed by atoms with van der Waals surface area (Å²) in [5, 5.41) is 9.30. The van der Waals surface area contributed by atoms with Crippen LogP contribution in [0.25, 0.3) is 0 Å². The Morgan fingerprint density at radius 1 is 1.50 bits per heavy atom. The lowest BCUT2D eigenvalue weighted by Crippen LogP contribution is -2.50. The maximum atomic E-state index is 9.30. The van der Waals surface area contributed by atoms with Crippen LogP contribution in [-0.4, -0.2) is 59.8 Å². The average Bonchev–Trinajstić information content (AvgIpc) is 2.45. The lowest BCUT2D eigenvalue weighted by molar-refractivity contribution is 0.0482. The topological polar surface area (TPSA) is 26.7 Å². The van der Waals surface area contributed by atoms with Gasteiger partial charge in [0.1, 0.15) is 0 Å². The van der Waals surface area contributed by atoms with Crippen molar-refractivity contribution in [3.05, 3.63) is 0 Å². The molecule has 3 nitrogen and oxygen atoms in total. The van der Waals surface area contributed by atoms with Gasteiger partial charge >= 0.3 is 0 Å². The number of likely N-dealkylation sites (tertiary alicyclic amines) is 1. The molecule has 1 rings (SSSR count). The van der Waals surface area contributed by atoms with Crippen molar-refractivity contribution < 1.29 is 5.11 Å². The third-order valence-corrected chi connectivity index (χ3v) is 3.75. The van der Waals surface area contributed by atoms with Crippen molar-refractivity contribution in [2.45, 2.75) is 44.8 Å². The van der Waals surface area contributed by atoms with E-state index in [4.69, 9.17) is 0 Å². The van der Waals surface area contributed by atoms with Gasteiger partial charge in [-0.15, -0.1) is 0 Å². The highest BCUT2D eigenvalue weighted by atomic mass is 16.3. The van der Waals surface area contributed by atoms with E-state index < -0.39 is 0 Å². The fraction of sp³-hybridized carbons (Fsp3) is 1.00. The summed E-state index contributed by atoms with van der Waals surface area (Å²) in [6.07, 6.45) is 1.20. The van der Waals surface area contributed by atoms with Crippen molar-refractivity contribution >= 4 is 0 Å². The van der Waals surface area contributed by atoms with E-state index in [0.717, 1.165) is 6.54 Å². The number of hydrogen-bond acceptors (Lipinski definition) is 3. The summed E-state index contributed by atoms with van der Waals surface area (Å²) in [4.78, 5) is 4.70. The number of nitrogens with zero attached hydrogens (tertiary/aromatic N) is 2. The van der Waals surface area contributed by atoms with Gasteiger partial charge < -0.3 is 10.0 Å². The third kappa shape index (κ3) is 2.27. The molecule has 2 atom stereocenters. The highest BCUT2D eigenvalue weighted by Crippen LogP contribution is 2.24. The van der Waals surface area contributed by atoms with Crippen LogP contribution in [0.1, 0.15) is 27.2 Å². The molecule has 0 spiro atoms. The molecular weight excluding hydrogens is 176 g/mol. The van der Waals surface area contributed by atoms with Gasteiger partial charge in [0.2, 0.25) is 0 Å². The van der Waals surface area contributed by atoms with E-state index >= 15 is 0 Å². The predicted molar refractivity (Wildman–Crippen MR) is 59.4 cm³/mol. The van der Waals surface area contributed by atoms with E-state index in [1.165, 1.54) is 6.42 Å². The summed E-state index contributed by atoms with van der Waals surface area (Å²) in [6.45, 7) is 7.78. The van der Waals surface area contributed by atoms with Crippen molar-refractivity contribution in [1.82, 2.24) is 9.80 Å². The van der Waals surface area contributed by atoms with Gasteiger partial charge in [0.25, 0.3) is 0 Å². The van der Waals surface area contributed by atoms with Crippen molar-refractivity contribution in [3.63, 3.8) is 0 Å². The second kappa shape index (κ2) is 4.17. The molecule has 1 aliphatic rings. The second-order valence-electron chi connectivity index (χ2n) is 5.26. The van der Waals surface area contributed by atoms with Crippen LogP contribution in [0, 0.1) is 0 Å². The molecule has 0 bridgehead atoms. The largest absolute Gasteiger partial charge is 0.394 e. The van der Waals surface area contributed by atoms with Gasteiger partial charge in [-0.25, -0.2) is 0 Å². The van der Waals surface area contributed by atoms with Gasteiger partial charge in [0.05, 0.1) is 6.61 Å². The van der Waals surface area contributed by atoms with E-state index in [1.807, 2.05) is 0 Å². The van der Waals surface area contributed by atoms with Gasteiger partial charge in [-0.3, -0.25) is 4.90 Å². The quantitative estimate of drug-likeness (QED) is 0.729. The maximum absolute atomic E-state index is 9.30. The Morgan fingerprint density at radius 3 is 2.43 bits per heavy atom. The summed E-state index contributed by atoms with van der Waals surface area (Å²) < 4.78 is 0. The average molecular weight is 200 g/mol. The van der Waals surface area contributed by atoms with Crippen molar-refractivity contribution in [3.8, 4) is 0 Å². The number of aliphatic hydroxyl groups excluding tert-OH is 1. The second-order valence-corrected chi connectivity index (χ2v) is 5.26. The fourth-order valence-electron chi connectivity index (χ4n) is 2.05. The van der Waals surface area contributed by atoms with Gasteiger partial charge in [-0.05, 0) is 41.3 Å². The van der Waals surface area contributed by atoms with E-state index in [9.17, 15) is 5.11 Å². The molecule has 0 radical (unpaired) electrons. The molecule has 0 saturated carbocycles. The highest BCUT2D eigenvalue weighted by molar-refractivity contribution is 4.91. The SMILES string of the molecule is CC1CC(N(C)C(C)(C)CO)CN1C. The predicted octanol–water partition coefficient (Wildman–Crippen LogP) is 0.782. The third-order valence-electron chi connectivity index (χ3n) is 3.75. The molecule has 1 heterocycles. The number of rotatable bonds is 3. The Labute approximate surface area is 87.7 Å². The minimum absolute atomic E-state index is 0.102. The fourth-order valence-corrected chi connectivity index (χ4v) is 2.05. The first-order valence-corrected chi connectivity index (χ1v) is 5.42. The standard InChI is InChI=1S/C11H24N2O/c1-9-6-10(7-12(9)4)13(5)11(2,3)8-14/h9-10,14H,6-8H2,1-5H3. The van der Waals surface area contributed by atoms with E-state index in [1.54, 1.807) is 0 Å². The highest BCUT2D eigenvalue weighted by Gasteiger charge is 2.35. The molecule has 0 aromatic carbocycles. The van der Waals surface area contributed by atoms with Gasteiger partial charge in [0.15, 0.2) is 0 Å². The Morgan fingerprint density at radius 2 is 2.07 bits per heavy atom. The number of hydrogen-bond donors (Lipinski definition) is 1. The molecule has 0 amide bonds. The summed E-state index contributed by atoms with van der Waals surface area (Å²) in [5.41, 5.74) is -0.102. The number of aliphatic hydroxyl groups is 1. The first-order valence-electron chi connectivity index (χ1n) is 5.42. The van der Waals surface area contributed by atoms with Crippen molar-refractivity contribution in [2.24, 2.45) is 0 Å². The van der Waals surface area contributed by atoms with Crippen LogP contribution in [-0.2, 0) is 0 Å². The molecule has 0 aliphatic carbocycles. The molecule has 1 fully saturated rings. The minimum Gasteiger partial charge on any atom is -0.394 e. The molecule has 1 aliphatic heterocycles. The van der Waals surface area contributed by atoms with Crippen LogP contribution in [0.5, 0.6) is 0 Å².